The zero-order valence-electron chi connectivity index (χ0n) is 9.37. The maximum atomic E-state index is 12.0. The molecule has 0 aromatic heterocycles. The lowest BCUT2D eigenvalue weighted by molar-refractivity contribution is -0.134. The van der Waals surface area contributed by atoms with Gasteiger partial charge in [0, 0.05) is 25.6 Å². The zero-order chi connectivity index (χ0) is 10.9. The third-order valence-electron chi connectivity index (χ3n) is 3.39. The van der Waals surface area contributed by atoms with Crippen LogP contribution in [0.5, 0.6) is 0 Å². The number of rotatable bonds is 4. The van der Waals surface area contributed by atoms with Crippen LogP contribution in [0.1, 0.15) is 26.2 Å². The summed E-state index contributed by atoms with van der Waals surface area (Å²) in [6.07, 6.45) is 2.77. The number of carbonyl (C=O) groups is 1. The molecule has 1 heterocycles. The molecular formula is C11H20N2O2. The normalized spacial score (nSPS) is 27.7. The lowest BCUT2D eigenvalue weighted by Crippen LogP contribution is -2.47. The molecule has 0 bridgehead atoms. The average Bonchev–Trinajstić information content (AvgIpc) is 2.80. The molecule has 2 aliphatic rings. The Labute approximate surface area is 90.8 Å². The number of ether oxygens (including phenoxy) is 1. The van der Waals surface area contributed by atoms with Crippen molar-refractivity contribution in [2.75, 3.05) is 26.3 Å². The van der Waals surface area contributed by atoms with Crippen LogP contribution in [-0.2, 0) is 9.53 Å². The van der Waals surface area contributed by atoms with Crippen molar-refractivity contribution < 1.29 is 9.53 Å². The van der Waals surface area contributed by atoms with E-state index in [1.165, 1.54) is 0 Å². The van der Waals surface area contributed by atoms with E-state index in [1.807, 2.05) is 11.8 Å². The minimum atomic E-state index is -0.518. The van der Waals surface area contributed by atoms with Gasteiger partial charge in [0.1, 0.15) is 0 Å². The molecule has 1 aliphatic heterocycles. The van der Waals surface area contributed by atoms with Gasteiger partial charge in [0.15, 0.2) is 0 Å². The monoisotopic (exact) mass is 212 g/mol. The van der Waals surface area contributed by atoms with Gasteiger partial charge in [0.05, 0.1) is 12.1 Å². The fraction of sp³-hybridized carbons (Fsp3) is 0.909. The molecule has 1 unspecified atom stereocenters. The molecule has 0 radical (unpaired) electrons. The van der Waals surface area contributed by atoms with Gasteiger partial charge in [-0.3, -0.25) is 4.79 Å². The van der Waals surface area contributed by atoms with Crippen molar-refractivity contribution in [3.63, 3.8) is 0 Å². The van der Waals surface area contributed by atoms with Gasteiger partial charge in [0.25, 0.3) is 0 Å². The summed E-state index contributed by atoms with van der Waals surface area (Å²) in [6.45, 7) is 5.22. The quantitative estimate of drug-likeness (QED) is 0.732. The summed E-state index contributed by atoms with van der Waals surface area (Å²) in [4.78, 5) is 13.9. The molecule has 1 saturated heterocycles. The topological polar surface area (TPSA) is 55.6 Å². The van der Waals surface area contributed by atoms with Gasteiger partial charge in [-0.25, -0.2) is 0 Å². The van der Waals surface area contributed by atoms with Gasteiger partial charge in [-0.15, -0.1) is 0 Å². The number of amides is 1. The Morgan fingerprint density at radius 3 is 2.80 bits per heavy atom. The molecule has 0 aromatic rings. The molecule has 2 N–H and O–H groups in total. The Balaban J connectivity index is 1.88. The van der Waals surface area contributed by atoms with Crippen LogP contribution in [0.4, 0.5) is 0 Å². The predicted molar refractivity (Wildman–Crippen MR) is 57.3 cm³/mol. The first-order chi connectivity index (χ1) is 7.15. The maximum absolute atomic E-state index is 12.0. The SMILES string of the molecule is CCN(CC1CCOC1)C(=O)C1(N)CC1. The molecule has 4 nitrogen and oxygen atoms in total. The molecule has 15 heavy (non-hydrogen) atoms. The third-order valence-corrected chi connectivity index (χ3v) is 3.39. The highest BCUT2D eigenvalue weighted by atomic mass is 16.5. The summed E-state index contributed by atoms with van der Waals surface area (Å²) in [7, 11) is 0. The van der Waals surface area contributed by atoms with Crippen LogP contribution in [0.25, 0.3) is 0 Å². The summed E-state index contributed by atoms with van der Waals surface area (Å²) in [6, 6.07) is 0. The highest BCUT2D eigenvalue weighted by molar-refractivity contribution is 5.89. The van der Waals surface area contributed by atoms with E-state index in [9.17, 15) is 4.79 Å². The van der Waals surface area contributed by atoms with Crippen LogP contribution in [0.2, 0.25) is 0 Å². The van der Waals surface area contributed by atoms with Gasteiger partial charge in [-0.1, -0.05) is 0 Å². The number of likely N-dealkylation sites (N-methyl/N-ethyl adjacent to an activating group) is 1. The van der Waals surface area contributed by atoms with E-state index >= 15 is 0 Å². The first-order valence-electron chi connectivity index (χ1n) is 5.82. The van der Waals surface area contributed by atoms with E-state index in [1.54, 1.807) is 0 Å². The summed E-state index contributed by atoms with van der Waals surface area (Å²) >= 11 is 0. The van der Waals surface area contributed by atoms with Gasteiger partial charge in [-0.2, -0.15) is 0 Å². The van der Waals surface area contributed by atoms with Crippen molar-refractivity contribution in [3.05, 3.63) is 0 Å². The summed E-state index contributed by atoms with van der Waals surface area (Å²) in [5, 5.41) is 0. The van der Waals surface area contributed by atoms with Gasteiger partial charge < -0.3 is 15.4 Å². The van der Waals surface area contributed by atoms with Crippen molar-refractivity contribution in [2.24, 2.45) is 11.7 Å². The Kier molecular flexibility index (Phi) is 2.98. The standard InChI is InChI=1S/C11H20N2O2/c1-2-13(7-9-3-6-15-8-9)10(14)11(12)4-5-11/h9H,2-8,12H2,1H3. The van der Waals surface area contributed by atoms with E-state index in [4.69, 9.17) is 10.5 Å². The molecule has 1 saturated carbocycles. The lowest BCUT2D eigenvalue weighted by atomic mass is 10.1. The van der Waals surface area contributed by atoms with E-state index in [2.05, 4.69) is 0 Å². The highest BCUT2D eigenvalue weighted by Gasteiger charge is 2.48. The van der Waals surface area contributed by atoms with Gasteiger partial charge in [0.2, 0.25) is 5.91 Å². The second-order valence-electron chi connectivity index (χ2n) is 4.73. The largest absolute Gasteiger partial charge is 0.381 e. The summed E-state index contributed by atoms with van der Waals surface area (Å²) in [5.74, 6) is 0.646. The van der Waals surface area contributed by atoms with Crippen LogP contribution >= 0.6 is 0 Å². The Hall–Kier alpha value is -0.610. The number of hydrogen-bond acceptors (Lipinski definition) is 3. The van der Waals surface area contributed by atoms with E-state index in [0.717, 1.165) is 45.6 Å². The number of nitrogens with two attached hydrogens (primary N) is 1. The molecule has 2 fully saturated rings. The fourth-order valence-corrected chi connectivity index (χ4v) is 2.06. The summed E-state index contributed by atoms with van der Waals surface area (Å²) < 4.78 is 5.31. The molecule has 1 aliphatic carbocycles. The fourth-order valence-electron chi connectivity index (χ4n) is 2.06. The van der Waals surface area contributed by atoms with Crippen LogP contribution in [0.15, 0.2) is 0 Å². The van der Waals surface area contributed by atoms with E-state index in [0.29, 0.717) is 5.92 Å². The van der Waals surface area contributed by atoms with E-state index < -0.39 is 5.54 Å². The predicted octanol–water partition coefficient (Wildman–Crippen LogP) is 0.363. The smallest absolute Gasteiger partial charge is 0.242 e. The second-order valence-corrected chi connectivity index (χ2v) is 4.73. The van der Waals surface area contributed by atoms with Crippen LogP contribution in [0, 0.1) is 5.92 Å². The van der Waals surface area contributed by atoms with Crippen molar-refractivity contribution in [1.82, 2.24) is 4.90 Å². The first-order valence-corrected chi connectivity index (χ1v) is 5.82. The Morgan fingerprint density at radius 2 is 2.33 bits per heavy atom. The van der Waals surface area contributed by atoms with Gasteiger partial charge in [-0.05, 0) is 26.2 Å². The molecule has 86 valence electrons. The number of nitrogens with zero attached hydrogens (tertiary/aromatic N) is 1. The zero-order valence-corrected chi connectivity index (χ0v) is 9.37. The van der Waals surface area contributed by atoms with Crippen molar-refractivity contribution in [2.45, 2.75) is 31.7 Å². The van der Waals surface area contributed by atoms with Crippen molar-refractivity contribution in [3.8, 4) is 0 Å². The Bertz CT molecular complexity index is 245. The molecule has 2 rings (SSSR count). The number of hydrogen-bond donors (Lipinski definition) is 1. The third kappa shape index (κ3) is 2.32. The maximum Gasteiger partial charge on any atom is 0.242 e. The first kappa shape index (κ1) is 10.9. The Morgan fingerprint density at radius 1 is 1.60 bits per heavy atom. The van der Waals surface area contributed by atoms with Crippen LogP contribution in [-0.4, -0.2) is 42.6 Å². The van der Waals surface area contributed by atoms with Crippen LogP contribution < -0.4 is 5.73 Å². The molecule has 0 aromatic carbocycles. The van der Waals surface area contributed by atoms with Crippen LogP contribution in [0.3, 0.4) is 0 Å². The number of carbonyl (C=O) groups excluding carboxylic acids is 1. The second kappa shape index (κ2) is 4.10. The van der Waals surface area contributed by atoms with E-state index in [-0.39, 0.29) is 5.91 Å². The summed E-state index contributed by atoms with van der Waals surface area (Å²) in [5.41, 5.74) is 5.40. The molecule has 0 spiro atoms. The van der Waals surface area contributed by atoms with Crippen molar-refractivity contribution in [1.29, 1.82) is 0 Å². The molecular weight excluding hydrogens is 192 g/mol. The minimum Gasteiger partial charge on any atom is -0.381 e. The minimum absolute atomic E-state index is 0.136. The lowest BCUT2D eigenvalue weighted by Gasteiger charge is -2.26. The van der Waals surface area contributed by atoms with Crippen molar-refractivity contribution >= 4 is 5.91 Å². The highest BCUT2D eigenvalue weighted by Crippen LogP contribution is 2.34. The van der Waals surface area contributed by atoms with Gasteiger partial charge >= 0.3 is 0 Å². The molecule has 1 atom stereocenters. The molecule has 4 heteroatoms. The molecule has 1 amide bonds. The average molecular weight is 212 g/mol.